The van der Waals surface area contributed by atoms with Crippen LogP contribution in [0.4, 0.5) is 0 Å². The van der Waals surface area contributed by atoms with Crippen LogP contribution in [-0.2, 0) is 6.54 Å². The van der Waals surface area contributed by atoms with Crippen molar-refractivity contribution >= 4 is 18.5 Å². The van der Waals surface area contributed by atoms with E-state index in [0.29, 0.717) is 0 Å². The lowest BCUT2D eigenvalue weighted by molar-refractivity contribution is 0.316. The van der Waals surface area contributed by atoms with E-state index in [9.17, 15) is 0 Å². The highest BCUT2D eigenvalue weighted by atomic mass is 35.5. The first-order chi connectivity index (χ1) is 10.3. The normalized spacial score (nSPS) is 10.5. The minimum Gasteiger partial charge on any atom is -0.302 e. The lowest BCUT2D eigenvalue weighted by Gasteiger charge is -2.16. The summed E-state index contributed by atoms with van der Waals surface area (Å²) in [6.45, 7) is 8.33. The predicted molar refractivity (Wildman–Crippen MR) is 103 cm³/mol. The van der Waals surface area contributed by atoms with Crippen molar-refractivity contribution in [3.05, 3.63) is 42.0 Å². The van der Waals surface area contributed by atoms with Crippen LogP contribution in [-0.4, -0.2) is 18.5 Å². The van der Waals surface area contributed by atoms with E-state index in [1.165, 1.54) is 69.0 Å². The van der Waals surface area contributed by atoms with Gasteiger partial charge in [0.25, 0.3) is 0 Å². The highest BCUT2D eigenvalue weighted by Crippen LogP contribution is 2.10. The molecule has 1 aromatic carbocycles. The van der Waals surface area contributed by atoms with E-state index in [4.69, 9.17) is 0 Å². The maximum atomic E-state index is 3.79. The second-order valence-corrected chi connectivity index (χ2v) is 6.16. The van der Waals surface area contributed by atoms with E-state index in [0.717, 1.165) is 6.54 Å². The Kier molecular flexibility index (Phi) is 13.3. The van der Waals surface area contributed by atoms with Crippen LogP contribution in [0.2, 0.25) is 0 Å². The van der Waals surface area contributed by atoms with Crippen LogP contribution in [0.15, 0.2) is 30.8 Å². The quantitative estimate of drug-likeness (QED) is 0.406. The Morgan fingerprint density at radius 3 is 2.00 bits per heavy atom. The summed E-state index contributed by atoms with van der Waals surface area (Å²) >= 11 is 0. The van der Waals surface area contributed by atoms with Gasteiger partial charge in [0.05, 0.1) is 0 Å². The molecule has 0 heterocycles. The Balaban J connectivity index is 0.00000441. The Morgan fingerprint density at radius 2 is 1.45 bits per heavy atom. The lowest BCUT2D eigenvalue weighted by atomic mass is 10.1. The fourth-order valence-corrected chi connectivity index (χ4v) is 2.67. The highest BCUT2D eigenvalue weighted by Gasteiger charge is 2.00. The summed E-state index contributed by atoms with van der Waals surface area (Å²) in [5.74, 6) is 0. The monoisotopic (exact) mass is 323 g/mol. The Hall–Kier alpha value is -0.790. The Labute approximate surface area is 144 Å². The maximum Gasteiger partial charge on any atom is 0.0230 e. The molecule has 0 aliphatic carbocycles. The number of nitrogens with zero attached hydrogens (tertiary/aromatic N) is 1. The summed E-state index contributed by atoms with van der Waals surface area (Å²) in [6.07, 6.45) is 13.1. The van der Waals surface area contributed by atoms with Gasteiger partial charge in [-0.3, -0.25) is 0 Å². The van der Waals surface area contributed by atoms with Crippen molar-refractivity contribution in [3.8, 4) is 0 Å². The fraction of sp³-hybridized carbons (Fsp3) is 0.600. The van der Waals surface area contributed by atoms with E-state index in [1.807, 2.05) is 6.08 Å². The van der Waals surface area contributed by atoms with Gasteiger partial charge in [0.2, 0.25) is 0 Å². The summed E-state index contributed by atoms with van der Waals surface area (Å²) in [7, 11) is 2.22. The molecule has 0 amide bonds. The zero-order valence-corrected chi connectivity index (χ0v) is 15.3. The van der Waals surface area contributed by atoms with Crippen molar-refractivity contribution in [2.24, 2.45) is 0 Å². The third-order valence-corrected chi connectivity index (χ3v) is 4.06. The molecule has 0 radical (unpaired) electrons. The summed E-state index contributed by atoms with van der Waals surface area (Å²) in [6, 6.07) is 8.71. The number of hydrogen-bond donors (Lipinski definition) is 0. The summed E-state index contributed by atoms with van der Waals surface area (Å²) in [5.41, 5.74) is 2.59. The second-order valence-electron chi connectivity index (χ2n) is 6.16. The van der Waals surface area contributed by atoms with E-state index in [2.05, 4.69) is 49.7 Å². The number of unbranched alkanes of at least 4 members (excludes halogenated alkanes) is 7. The zero-order chi connectivity index (χ0) is 15.3. The van der Waals surface area contributed by atoms with Crippen LogP contribution in [0.1, 0.15) is 69.4 Å². The zero-order valence-electron chi connectivity index (χ0n) is 14.5. The van der Waals surface area contributed by atoms with E-state index in [-0.39, 0.29) is 12.4 Å². The number of halogens is 1. The van der Waals surface area contributed by atoms with Crippen molar-refractivity contribution in [1.82, 2.24) is 4.90 Å². The molecule has 0 aliphatic rings. The number of benzene rings is 1. The molecule has 0 spiro atoms. The van der Waals surface area contributed by atoms with Crippen LogP contribution >= 0.6 is 12.4 Å². The van der Waals surface area contributed by atoms with Gasteiger partial charge in [-0.05, 0) is 31.1 Å². The molecule has 2 heteroatoms. The van der Waals surface area contributed by atoms with Gasteiger partial charge >= 0.3 is 0 Å². The van der Waals surface area contributed by atoms with Crippen LogP contribution in [0, 0.1) is 0 Å². The molecular formula is C20H34ClN. The van der Waals surface area contributed by atoms with Crippen LogP contribution < -0.4 is 0 Å². The highest BCUT2D eigenvalue weighted by molar-refractivity contribution is 5.85. The largest absolute Gasteiger partial charge is 0.302 e. The van der Waals surface area contributed by atoms with Gasteiger partial charge in [0.15, 0.2) is 0 Å². The molecule has 126 valence electrons. The molecular weight excluding hydrogens is 290 g/mol. The Morgan fingerprint density at radius 1 is 0.909 bits per heavy atom. The van der Waals surface area contributed by atoms with Gasteiger partial charge in [-0.15, -0.1) is 12.4 Å². The molecule has 1 nitrogen and oxygen atoms in total. The Bertz CT molecular complexity index is 372. The topological polar surface area (TPSA) is 3.24 Å². The molecule has 0 bridgehead atoms. The van der Waals surface area contributed by atoms with Crippen LogP contribution in [0.5, 0.6) is 0 Å². The molecule has 0 atom stereocenters. The van der Waals surface area contributed by atoms with Gasteiger partial charge < -0.3 is 4.90 Å². The first-order valence-electron chi connectivity index (χ1n) is 8.66. The van der Waals surface area contributed by atoms with Crippen LogP contribution in [0.25, 0.3) is 6.08 Å². The van der Waals surface area contributed by atoms with Gasteiger partial charge in [0, 0.05) is 6.54 Å². The third kappa shape index (κ3) is 10.0. The second kappa shape index (κ2) is 13.8. The molecule has 0 fully saturated rings. The van der Waals surface area contributed by atoms with Crippen molar-refractivity contribution in [1.29, 1.82) is 0 Å². The SMILES string of the molecule is C=Cc1ccc(CN(C)CCCCCCCCCC)cc1.Cl. The van der Waals surface area contributed by atoms with Crippen molar-refractivity contribution < 1.29 is 0 Å². The minimum absolute atomic E-state index is 0. The first kappa shape index (κ1) is 21.2. The summed E-state index contributed by atoms with van der Waals surface area (Å²) < 4.78 is 0. The molecule has 0 saturated heterocycles. The van der Waals surface area contributed by atoms with Gasteiger partial charge in [-0.1, -0.05) is 88.8 Å². The fourth-order valence-electron chi connectivity index (χ4n) is 2.67. The average molecular weight is 324 g/mol. The molecule has 0 N–H and O–H groups in total. The summed E-state index contributed by atoms with van der Waals surface area (Å²) in [5, 5.41) is 0. The molecule has 1 aromatic rings. The van der Waals surface area contributed by atoms with Crippen molar-refractivity contribution in [3.63, 3.8) is 0 Å². The van der Waals surface area contributed by atoms with Crippen molar-refractivity contribution in [2.75, 3.05) is 13.6 Å². The smallest absolute Gasteiger partial charge is 0.0230 e. The summed E-state index contributed by atoms with van der Waals surface area (Å²) in [4.78, 5) is 2.43. The van der Waals surface area contributed by atoms with E-state index >= 15 is 0 Å². The van der Waals surface area contributed by atoms with Crippen molar-refractivity contribution in [2.45, 2.75) is 64.8 Å². The number of rotatable bonds is 12. The van der Waals surface area contributed by atoms with Gasteiger partial charge in [-0.25, -0.2) is 0 Å². The van der Waals surface area contributed by atoms with Gasteiger partial charge in [-0.2, -0.15) is 0 Å². The predicted octanol–water partition coefficient (Wildman–Crippen LogP) is 6.32. The molecule has 1 rings (SSSR count). The average Bonchev–Trinajstić information content (AvgIpc) is 2.50. The lowest BCUT2D eigenvalue weighted by Crippen LogP contribution is -2.19. The minimum atomic E-state index is 0. The van der Waals surface area contributed by atoms with E-state index in [1.54, 1.807) is 0 Å². The molecule has 22 heavy (non-hydrogen) atoms. The van der Waals surface area contributed by atoms with Gasteiger partial charge in [0.1, 0.15) is 0 Å². The molecule has 0 aliphatic heterocycles. The standard InChI is InChI=1S/C20H33N.ClH/c1-4-6-7-8-9-10-11-12-17-21(3)18-20-15-13-19(5-2)14-16-20;/h5,13-16H,2,4,6-12,17-18H2,1,3H3;1H. The molecule has 0 unspecified atom stereocenters. The van der Waals surface area contributed by atoms with E-state index < -0.39 is 0 Å². The molecule has 0 aromatic heterocycles. The number of hydrogen-bond acceptors (Lipinski definition) is 1. The molecule has 0 saturated carbocycles. The third-order valence-electron chi connectivity index (χ3n) is 4.06. The first-order valence-corrected chi connectivity index (χ1v) is 8.66. The van der Waals surface area contributed by atoms with Crippen LogP contribution in [0.3, 0.4) is 0 Å². The maximum absolute atomic E-state index is 3.79.